The monoisotopic (exact) mass is 874 g/mol. The van der Waals surface area contributed by atoms with Crippen molar-refractivity contribution in [2.45, 2.75) is 75.8 Å². The van der Waals surface area contributed by atoms with Crippen molar-refractivity contribution >= 4 is 17.5 Å². The highest BCUT2D eigenvalue weighted by molar-refractivity contribution is 6.09. The van der Waals surface area contributed by atoms with Crippen molar-refractivity contribution in [3.8, 4) is 23.0 Å². The van der Waals surface area contributed by atoms with Gasteiger partial charge in [0.25, 0.3) is 0 Å². The molecule has 2 aliphatic carbocycles. The molecule has 0 spiro atoms. The summed E-state index contributed by atoms with van der Waals surface area (Å²) in [6.07, 6.45) is 0.208. The summed E-state index contributed by atoms with van der Waals surface area (Å²) in [7, 11) is 4.43. The van der Waals surface area contributed by atoms with Crippen LogP contribution in [0.1, 0.15) is 81.3 Å². The molecule has 10 nitrogen and oxygen atoms in total. The van der Waals surface area contributed by atoms with Gasteiger partial charge in [-0.15, -0.1) is 0 Å². The number of ketones is 2. The van der Waals surface area contributed by atoms with Gasteiger partial charge in [-0.1, -0.05) is 104 Å². The van der Waals surface area contributed by atoms with Crippen molar-refractivity contribution in [1.29, 1.82) is 0 Å². The Bertz CT molecular complexity index is 2800. The molecule has 65 heavy (non-hydrogen) atoms. The van der Waals surface area contributed by atoms with E-state index in [4.69, 9.17) is 23.7 Å². The average molecular weight is 875 g/mol. The first-order chi connectivity index (χ1) is 30.7. The van der Waals surface area contributed by atoms with Crippen LogP contribution in [0.5, 0.6) is 23.0 Å². The number of rotatable bonds is 7. The Morgan fingerprint density at radius 1 is 0.600 bits per heavy atom. The second-order valence-electron chi connectivity index (χ2n) is 17.3. The molecule has 2 aliphatic heterocycles. The van der Waals surface area contributed by atoms with E-state index in [9.17, 15) is 24.6 Å². The molecule has 2 fully saturated rings. The van der Waals surface area contributed by atoms with Crippen LogP contribution < -0.4 is 18.9 Å². The van der Waals surface area contributed by atoms with Gasteiger partial charge in [-0.2, -0.15) is 0 Å². The van der Waals surface area contributed by atoms with E-state index in [2.05, 4.69) is 0 Å². The third-order valence-electron chi connectivity index (χ3n) is 13.8. The summed E-state index contributed by atoms with van der Waals surface area (Å²) >= 11 is 0. The predicted octanol–water partition coefficient (Wildman–Crippen LogP) is 9.12. The summed E-state index contributed by atoms with van der Waals surface area (Å²) < 4.78 is 29.1. The minimum atomic E-state index is -2.10. The first-order valence-electron chi connectivity index (χ1n) is 21.3. The van der Waals surface area contributed by atoms with Crippen LogP contribution in [0, 0.1) is 33.6 Å². The minimum Gasteiger partial charge on any atom is -0.497 e. The van der Waals surface area contributed by atoms with E-state index in [1.807, 2.05) is 137 Å². The van der Waals surface area contributed by atoms with E-state index in [1.54, 1.807) is 38.5 Å². The topological polar surface area (TPSA) is 138 Å². The normalized spacial score (nSPS) is 26.5. The van der Waals surface area contributed by atoms with Crippen molar-refractivity contribution in [1.82, 2.24) is 0 Å². The molecule has 10 heteroatoms. The van der Waals surface area contributed by atoms with Gasteiger partial charge in [0.1, 0.15) is 28.9 Å². The Kier molecular flexibility index (Phi) is 11.3. The maximum atomic E-state index is 14.1. The molecule has 2 heterocycles. The van der Waals surface area contributed by atoms with Gasteiger partial charge in [-0.25, -0.2) is 0 Å². The van der Waals surface area contributed by atoms with Crippen LogP contribution >= 0.6 is 0 Å². The zero-order valence-corrected chi connectivity index (χ0v) is 36.8. The Morgan fingerprint density at radius 3 is 1.52 bits per heavy atom. The zero-order chi connectivity index (χ0) is 45.3. The number of fused-ring (bicyclic) bond motifs is 6. The van der Waals surface area contributed by atoms with Gasteiger partial charge >= 0.3 is 5.97 Å². The zero-order valence-electron chi connectivity index (χ0n) is 36.8. The van der Waals surface area contributed by atoms with Gasteiger partial charge in [0.05, 0.1) is 27.2 Å². The van der Waals surface area contributed by atoms with Gasteiger partial charge in [-0.05, 0) is 97.5 Å². The van der Waals surface area contributed by atoms with Crippen LogP contribution in [0.4, 0.5) is 0 Å². The fourth-order valence-corrected chi connectivity index (χ4v) is 11.3. The standard InChI is InChI=1S/C28H26O6.C26H24O4.CH4/c1-16-14-17(2)23-21(15-16)34-28(19-10-12-20(32-3)13-11-19)24(18-8-6-5-7-9-18)22(26(30)33-4)25(29)27(23,28)31;1-16-13-17(2)24-22(14-16)30-26(19-9-11-20(29-3)12-10-19)21(15-23(27)25(24,26)28)18-7-5-4-6-8-18;/h5-15,22,24,31H,1-4H3;4-14,21,28H,15H2,1-3H3;1H4/t22-,24-,27+,28+;21-,25+,26-;/m10./s1. The summed E-state index contributed by atoms with van der Waals surface area (Å²) in [5.41, 5.74) is 0.860. The van der Waals surface area contributed by atoms with Crippen molar-refractivity contribution in [3.63, 3.8) is 0 Å². The van der Waals surface area contributed by atoms with E-state index >= 15 is 0 Å². The number of hydrogen-bond acceptors (Lipinski definition) is 10. The molecule has 2 saturated carbocycles. The maximum absolute atomic E-state index is 14.1. The van der Waals surface area contributed by atoms with Crippen molar-refractivity contribution in [2.75, 3.05) is 21.3 Å². The second kappa shape index (κ2) is 16.4. The smallest absolute Gasteiger partial charge is 0.317 e. The number of carbonyl (C=O) groups is 3. The van der Waals surface area contributed by atoms with E-state index in [-0.39, 0.29) is 25.5 Å². The number of esters is 1. The predicted molar refractivity (Wildman–Crippen MR) is 245 cm³/mol. The largest absolute Gasteiger partial charge is 0.497 e. The van der Waals surface area contributed by atoms with E-state index < -0.39 is 46.0 Å². The molecule has 6 aromatic carbocycles. The highest BCUT2D eigenvalue weighted by Crippen LogP contribution is 2.68. The lowest BCUT2D eigenvalue weighted by atomic mass is 9.70. The molecular weight excluding hydrogens is 821 g/mol. The van der Waals surface area contributed by atoms with Crippen LogP contribution in [-0.2, 0) is 41.5 Å². The SMILES string of the molecule is C.COC(=O)[C@H]1C(=O)[C@@]2(O)c3c(C)cc(C)cc3O[C@@]2(c2ccc(OC)cc2)[C@@H]1c1ccccc1.COc1ccc([C@@]23Oc4cc(C)cc(C)c4[C@]2(O)C(=O)C[C@H]3c2ccccc2)cc1. The fourth-order valence-electron chi connectivity index (χ4n) is 11.3. The van der Waals surface area contributed by atoms with Gasteiger partial charge in [0.15, 0.2) is 34.0 Å². The molecule has 2 N–H and O–H groups in total. The summed E-state index contributed by atoms with van der Waals surface area (Å²) in [6.45, 7) is 7.70. The number of carbonyl (C=O) groups excluding carboxylic acids is 3. The molecule has 0 unspecified atom stereocenters. The van der Waals surface area contributed by atoms with E-state index in [0.29, 0.717) is 45.3 Å². The molecular formula is C55H54O10. The highest BCUT2D eigenvalue weighted by atomic mass is 16.5. The van der Waals surface area contributed by atoms with Gasteiger partial charge in [0.2, 0.25) is 0 Å². The van der Waals surface area contributed by atoms with Gasteiger partial charge < -0.3 is 33.9 Å². The summed E-state index contributed by atoms with van der Waals surface area (Å²) in [5.74, 6) is -1.60. The van der Waals surface area contributed by atoms with Crippen molar-refractivity contribution in [2.24, 2.45) is 5.92 Å². The maximum Gasteiger partial charge on any atom is 0.317 e. The number of ether oxygens (including phenoxy) is 5. The number of aryl methyl sites for hydroxylation is 4. The number of methoxy groups -OCH3 is 3. The van der Waals surface area contributed by atoms with Gasteiger partial charge in [-0.3, -0.25) is 14.4 Å². The summed E-state index contributed by atoms with van der Waals surface area (Å²) in [5, 5.41) is 24.7. The lowest BCUT2D eigenvalue weighted by Gasteiger charge is -2.39. The number of aliphatic hydroxyl groups is 2. The first-order valence-corrected chi connectivity index (χ1v) is 21.3. The Balaban J connectivity index is 0.000000176. The van der Waals surface area contributed by atoms with Gasteiger partial charge in [0, 0.05) is 34.6 Å². The molecule has 0 bridgehead atoms. The molecule has 4 aliphatic rings. The Labute approximate surface area is 379 Å². The number of hydrogen-bond donors (Lipinski definition) is 2. The number of Topliss-reactive ketones (excluding diaryl/α,β-unsaturated/α-hetero) is 2. The third-order valence-corrected chi connectivity index (χ3v) is 13.8. The summed E-state index contributed by atoms with van der Waals surface area (Å²) in [4.78, 5) is 40.7. The van der Waals surface area contributed by atoms with Crippen LogP contribution in [0.3, 0.4) is 0 Å². The van der Waals surface area contributed by atoms with Crippen LogP contribution in [0.15, 0.2) is 133 Å². The Hall–Kier alpha value is -6.75. The fraction of sp³-hybridized carbons (Fsp3) is 0.291. The molecule has 10 rings (SSSR count). The van der Waals surface area contributed by atoms with Crippen molar-refractivity contribution in [3.05, 3.63) is 189 Å². The molecule has 0 saturated heterocycles. The molecule has 0 aromatic heterocycles. The van der Waals surface area contributed by atoms with Crippen LogP contribution in [0.25, 0.3) is 0 Å². The molecule has 7 atom stereocenters. The quantitative estimate of drug-likeness (QED) is 0.118. The third kappa shape index (κ3) is 6.25. The van der Waals surface area contributed by atoms with Crippen molar-refractivity contribution < 1.29 is 48.3 Å². The van der Waals surface area contributed by atoms with E-state index in [1.165, 1.54) is 7.11 Å². The molecule has 334 valence electrons. The minimum absolute atomic E-state index is 0. The molecule has 0 amide bonds. The summed E-state index contributed by atoms with van der Waals surface area (Å²) in [6, 6.07) is 41.3. The highest BCUT2D eigenvalue weighted by Gasteiger charge is 2.78. The number of benzene rings is 6. The molecule has 0 radical (unpaired) electrons. The van der Waals surface area contributed by atoms with Crippen LogP contribution in [0.2, 0.25) is 0 Å². The average Bonchev–Trinajstić information content (AvgIpc) is 3.89. The Morgan fingerprint density at radius 2 is 1.05 bits per heavy atom. The van der Waals surface area contributed by atoms with Crippen LogP contribution in [-0.4, -0.2) is 49.1 Å². The lowest BCUT2D eigenvalue weighted by molar-refractivity contribution is -0.155. The lowest BCUT2D eigenvalue weighted by Crippen LogP contribution is -2.50. The van der Waals surface area contributed by atoms with E-state index in [0.717, 1.165) is 33.4 Å². The second-order valence-corrected chi connectivity index (χ2v) is 17.3. The first kappa shape index (κ1) is 44.8. The molecule has 6 aromatic rings.